The van der Waals surface area contributed by atoms with Crippen LogP contribution in [0.15, 0.2) is 53.4 Å². The van der Waals surface area contributed by atoms with Gasteiger partial charge in [0.1, 0.15) is 0 Å². The van der Waals surface area contributed by atoms with E-state index in [4.69, 9.17) is 5.14 Å². The van der Waals surface area contributed by atoms with Gasteiger partial charge in [-0.15, -0.1) is 0 Å². The maximum atomic E-state index is 12.3. The Bertz CT molecular complexity index is 954. The molecule has 2 aromatic carbocycles. The Morgan fingerprint density at radius 1 is 1.04 bits per heavy atom. The Balaban J connectivity index is 1.48. The normalized spacial score (nSPS) is 14.3. The van der Waals surface area contributed by atoms with Crippen LogP contribution in [0.1, 0.15) is 34.3 Å². The molecule has 0 spiro atoms. The second kappa shape index (κ2) is 8.53. The summed E-state index contributed by atoms with van der Waals surface area (Å²) < 4.78 is 22.5. The van der Waals surface area contributed by atoms with Crippen LogP contribution in [0.4, 0.5) is 0 Å². The number of likely N-dealkylation sites (tertiary alicyclic amines) is 1. The van der Waals surface area contributed by atoms with Crippen LogP contribution in [0.25, 0.3) is 0 Å². The third-order valence-corrected chi connectivity index (χ3v) is 5.64. The minimum Gasteiger partial charge on any atom is -0.352 e. The molecular weight excluding hydrogens is 378 g/mol. The maximum Gasteiger partial charge on any atom is 0.251 e. The summed E-state index contributed by atoms with van der Waals surface area (Å²) in [4.78, 5) is 25.8. The molecule has 0 aliphatic carbocycles. The quantitative estimate of drug-likeness (QED) is 0.731. The maximum absolute atomic E-state index is 12.3. The van der Waals surface area contributed by atoms with E-state index in [1.54, 1.807) is 24.3 Å². The van der Waals surface area contributed by atoms with Gasteiger partial charge < -0.3 is 10.2 Å². The van der Waals surface area contributed by atoms with E-state index in [9.17, 15) is 18.0 Å². The first kappa shape index (κ1) is 20.0. The van der Waals surface area contributed by atoms with E-state index >= 15 is 0 Å². The lowest BCUT2D eigenvalue weighted by Crippen LogP contribution is -2.26. The molecule has 0 saturated carbocycles. The molecule has 0 atom stereocenters. The van der Waals surface area contributed by atoms with Crippen molar-refractivity contribution in [2.45, 2.75) is 30.7 Å². The van der Waals surface area contributed by atoms with Crippen molar-refractivity contribution in [3.63, 3.8) is 0 Å². The Morgan fingerprint density at radius 2 is 1.68 bits per heavy atom. The Hall–Kier alpha value is -2.71. The van der Waals surface area contributed by atoms with Crippen LogP contribution in [0.5, 0.6) is 0 Å². The van der Waals surface area contributed by atoms with Gasteiger partial charge in [0.05, 0.1) is 4.90 Å². The molecule has 1 aliphatic heterocycles. The number of nitrogens with zero attached hydrogens (tertiary/aromatic N) is 1. The highest BCUT2D eigenvalue weighted by atomic mass is 32.2. The van der Waals surface area contributed by atoms with Crippen molar-refractivity contribution in [2.75, 3.05) is 13.1 Å². The largest absolute Gasteiger partial charge is 0.352 e. The smallest absolute Gasteiger partial charge is 0.251 e. The number of hydrogen-bond donors (Lipinski definition) is 2. The van der Waals surface area contributed by atoms with Gasteiger partial charge >= 0.3 is 0 Å². The van der Waals surface area contributed by atoms with Crippen molar-refractivity contribution in [1.82, 2.24) is 10.2 Å². The molecule has 2 aromatic rings. The SMILES string of the molecule is NS(=O)(=O)c1ccc(CCNC(=O)c2ccc(CN3CCCC3=O)cc2)cc1. The Kier molecular flexibility index (Phi) is 6.11. The van der Waals surface area contributed by atoms with Crippen molar-refractivity contribution < 1.29 is 18.0 Å². The van der Waals surface area contributed by atoms with Gasteiger partial charge in [-0.25, -0.2) is 13.6 Å². The second-order valence-corrected chi connectivity index (χ2v) is 8.37. The first-order chi connectivity index (χ1) is 13.3. The molecule has 0 unspecified atom stereocenters. The summed E-state index contributed by atoms with van der Waals surface area (Å²) in [5, 5.41) is 7.92. The van der Waals surface area contributed by atoms with Crippen LogP contribution in [-0.4, -0.2) is 38.2 Å². The topological polar surface area (TPSA) is 110 Å². The van der Waals surface area contributed by atoms with Gasteiger partial charge in [0, 0.05) is 31.6 Å². The molecule has 2 amide bonds. The molecule has 0 aromatic heterocycles. The molecule has 8 heteroatoms. The number of sulfonamides is 1. The molecular formula is C20H23N3O4S. The van der Waals surface area contributed by atoms with Gasteiger partial charge in [-0.3, -0.25) is 9.59 Å². The minimum absolute atomic E-state index is 0.0657. The van der Waals surface area contributed by atoms with Crippen molar-refractivity contribution in [3.05, 3.63) is 65.2 Å². The number of primary sulfonamides is 1. The average molecular weight is 401 g/mol. The summed E-state index contributed by atoms with van der Waals surface area (Å²) in [6.07, 6.45) is 2.10. The number of benzene rings is 2. The van der Waals surface area contributed by atoms with Crippen LogP contribution in [0.3, 0.4) is 0 Å². The van der Waals surface area contributed by atoms with Crippen LogP contribution in [0.2, 0.25) is 0 Å². The molecule has 3 N–H and O–H groups in total. The number of hydrogen-bond acceptors (Lipinski definition) is 4. The van der Waals surface area contributed by atoms with Gasteiger partial charge in [0.2, 0.25) is 15.9 Å². The summed E-state index contributed by atoms with van der Waals surface area (Å²) in [6.45, 7) is 1.80. The van der Waals surface area contributed by atoms with Crippen molar-refractivity contribution in [2.24, 2.45) is 5.14 Å². The number of carbonyl (C=O) groups is 2. The Labute approximate surface area is 164 Å². The first-order valence-electron chi connectivity index (χ1n) is 9.09. The lowest BCUT2D eigenvalue weighted by molar-refractivity contribution is -0.128. The van der Waals surface area contributed by atoms with Gasteiger partial charge in [0.15, 0.2) is 0 Å². The summed E-state index contributed by atoms with van der Waals surface area (Å²) in [6, 6.07) is 13.5. The van der Waals surface area contributed by atoms with Gasteiger partial charge in [-0.2, -0.15) is 0 Å². The molecule has 1 saturated heterocycles. The molecule has 0 radical (unpaired) electrons. The highest BCUT2D eigenvalue weighted by molar-refractivity contribution is 7.89. The predicted octanol–water partition coefficient (Wildman–Crippen LogP) is 1.43. The van der Waals surface area contributed by atoms with E-state index in [2.05, 4.69) is 5.32 Å². The van der Waals surface area contributed by atoms with Gasteiger partial charge in [0.25, 0.3) is 5.91 Å². The number of carbonyl (C=O) groups excluding carboxylic acids is 2. The third-order valence-electron chi connectivity index (χ3n) is 4.71. The van der Waals surface area contributed by atoms with E-state index < -0.39 is 10.0 Å². The molecule has 1 heterocycles. The van der Waals surface area contributed by atoms with E-state index in [0.29, 0.717) is 31.5 Å². The molecule has 3 rings (SSSR count). The zero-order valence-electron chi connectivity index (χ0n) is 15.4. The fourth-order valence-corrected chi connectivity index (χ4v) is 3.64. The van der Waals surface area contributed by atoms with Crippen LogP contribution >= 0.6 is 0 Å². The average Bonchev–Trinajstić information content (AvgIpc) is 3.06. The van der Waals surface area contributed by atoms with E-state index in [1.165, 1.54) is 12.1 Å². The standard InChI is InChI=1S/C20H23N3O4S/c21-28(26,27)18-9-5-15(6-10-18)11-12-22-20(25)17-7-3-16(4-8-17)14-23-13-1-2-19(23)24/h3-10H,1-2,11-14H2,(H,22,25)(H2,21,26,27). The zero-order valence-corrected chi connectivity index (χ0v) is 16.2. The van der Waals surface area contributed by atoms with Gasteiger partial charge in [-0.1, -0.05) is 24.3 Å². The molecule has 7 nitrogen and oxygen atoms in total. The Morgan fingerprint density at radius 3 is 2.25 bits per heavy atom. The predicted molar refractivity (Wildman–Crippen MR) is 105 cm³/mol. The second-order valence-electron chi connectivity index (χ2n) is 6.81. The van der Waals surface area contributed by atoms with Crippen molar-refractivity contribution >= 4 is 21.8 Å². The fraction of sp³-hybridized carbons (Fsp3) is 0.300. The van der Waals surface area contributed by atoms with Crippen LogP contribution < -0.4 is 10.5 Å². The van der Waals surface area contributed by atoms with Crippen LogP contribution in [-0.2, 0) is 27.8 Å². The van der Waals surface area contributed by atoms with Gasteiger partial charge in [-0.05, 0) is 48.2 Å². The molecule has 0 bridgehead atoms. The summed E-state index contributed by atoms with van der Waals surface area (Å²) >= 11 is 0. The monoisotopic (exact) mass is 401 g/mol. The number of rotatable bonds is 7. The number of nitrogens with one attached hydrogen (secondary N) is 1. The summed E-state index contributed by atoms with van der Waals surface area (Å²) in [5.74, 6) is 0.00358. The summed E-state index contributed by atoms with van der Waals surface area (Å²) in [5.41, 5.74) is 2.46. The molecule has 148 valence electrons. The fourth-order valence-electron chi connectivity index (χ4n) is 3.12. The molecule has 1 fully saturated rings. The van der Waals surface area contributed by atoms with Crippen molar-refractivity contribution in [3.8, 4) is 0 Å². The highest BCUT2D eigenvalue weighted by Gasteiger charge is 2.20. The van der Waals surface area contributed by atoms with Crippen LogP contribution in [0, 0.1) is 0 Å². The number of nitrogens with two attached hydrogens (primary N) is 1. The minimum atomic E-state index is -3.70. The zero-order chi connectivity index (χ0) is 20.1. The lowest BCUT2D eigenvalue weighted by Gasteiger charge is -2.15. The lowest BCUT2D eigenvalue weighted by atomic mass is 10.1. The van der Waals surface area contributed by atoms with E-state index in [-0.39, 0.29) is 16.7 Å². The molecule has 28 heavy (non-hydrogen) atoms. The molecule has 1 aliphatic rings. The number of amides is 2. The first-order valence-corrected chi connectivity index (χ1v) is 10.6. The van der Waals surface area contributed by atoms with E-state index in [0.717, 1.165) is 24.1 Å². The van der Waals surface area contributed by atoms with E-state index in [1.807, 2.05) is 17.0 Å². The highest BCUT2D eigenvalue weighted by Crippen LogP contribution is 2.15. The van der Waals surface area contributed by atoms with Crippen molar-refractivity contribution in [1.29, 1.82) is 0 Å². The third kappa shape index (κ3) is 5.17. The summed E-state index contributed by atoms with van der Waals surface area (Å²) in [7, 11) is -3.70.